The molecule has 0 heterocycles. The third-order valence-corrected chi connectivity index (χ3v) is 1.01. The van der Waals surface area contributed by atoms with Gasteiger partial charge in [-0.2, -0.15) is 0 Å². The summed E-state index contributed by atoms with van der Waals surface area (Å²) < 4.78 is 0. The number of rotatable bonds is 4. The zero-order valence-corrected chi connectivity index (χ0v) is 8.02. The quantitative estimate of drug-likeness (QED) is 0.450. The third kappa shape index (κ3) is 44.4. The summed E-state index contributed by atoms with van der Waals surface area (Å²) in [7, 11) is 0. The Labute approximate surface area is 70.5 Å². The summed E-state index contributed by atoms with van der Waals surface area (Å²) in [6.45, 7) is 8.90. The van der Waals surface area contributed by atoms with Gasteiger partial charge in [0.05, 0.1) is 0 Å². The van der Waals surface area contributed by atoms with Crippen LogP contribution in [0, 0.1) is 0 Å². The minimum absolute atomic E-state index is 0.167. The van der Waals surface area contributed by atoms with E-state index in [0.29, 0.717) is 0 Å². The molecule has 0 aromatic rings. The van der Waals surface area contributed by atoms with E-state index in [1.165, 1.54) is 39.5 Å². The van der Waals surface area contributed by atoms with Crippen molar-refractivity contribution in [3.05, 3.63) is 12.7 Å². The second-order valence-corrected chi connectivity index (χ2v) is 2.69. The van der Waals surface area contributed by atoms with Crippen molar-refractivity contribution in [1.82, 2.24) is 0 Å². The summed E-state index contributed by atoms with van der Waals surface area (Å²) in [5.74, 6) is 0.167. The molecule has 0 bridgehead atoms. The van der Waals surface area contributed by atoms with E-state index in [0.717, 1.165) is 0 Å². The zero-order chi connectivity index (χ0) is 9.11. The SMILES string of the molecule is C=CCCCCC.CC(C)=O. The summed E-state index contributed by atoms with van der Waals surface area (Å²) in [5, 5.41) is 0. The van der Waals surface area contributed by atoms with E-state index in [4.69, 9.17) is 0 Å². The molecule has 0 aromatic carbocycles. The van der Waals surface area contributed by atoms with Crippen LogP contribution in [0.5, 0.6) is 0 Å². The van der Waals surface area contributed by atoms with Crippen molar-refractivity contribution in [3.63, 3.8) is 0 Å². The molecule has 0 unspecified atom stereocenters. The number of ketones is 1. The fourth-order valence-electron chi connectivity index (χ4n) is 0.539. The summed E-state index contributed by atoms with van der Waals surface area (Å²) in [4.78, 5) is 9.44. The first-order valence-electron chi connectivity index (χ1n) is 4.23. The molecular weight excluding hydrogens is 136 g/mol. The van der Waals surface area contributed by atoms with Crippen molar-refractivity contribution in [2.75, 3.05) is 0 Å². The van der Waals surface area contributed by atoms with Gasteiger partial charge in [-0.3, -0.25) is 0 Å². The van der Waals surface area contributed by atoms with Crippen molar-refractivity contribution in [2.24, 2.45) is 0 Å². The molecule has 0 aliphatic carbocycles. The number of carbonyl (C=O) groups excluding carboxylic acids is 1. The number of carbonyl (C=O) groups is 1. The Morgan fingerprint density at radius 3 is 2.09 bits per heavy atom. The first kappa shape index (κ1) is 13.0. The Kier molecular flexibility index (Phi) is 14.4. The van der Waals surface area contributed by atoms with Crippen LogP contribution >= 0.6 is 0 Å². The van der Waals surface area contributed by atoms with Gasteiger partial charge in [0.25, 0.3) is 0 Å². The normalized spacial score (nSPS) is 7.91. The lowest BCUT2D eigenvalue weighted by Gasteiger charge is -1.87. The summed E-state index contributed by atoms with van der Waals surface area (Å²) in [6, 6.07) is 0. The Hall–Kier alpha value is -0.590. The van der Waals surface area contributed by atoms with E-state index in [-0.39, 0.29) is 5.78 Å². The van der Waals surface area contributed by atoms with Gasteiger partial charge >= 0.3 is 0 Å². The lowest BCUT2D eigenvalue weighted by molar-refractivity contribution is -0.114. The van der Waals surface area contributed by atoms with Gasteiger partial charge in [0.1, 0.15) is 5.78 Å². The molecule has 0 aliphatic heterocycles. The lowest BCUT2D eigenvalue weighted by atomic mass is 10.2. The molecule has 0 rings (SSSR count). The van der Waals surface area contributed by atoms with Crippen LogP contribution in [0.1, 0.15) is 46.5 Å². The second-order valence-electron chi connectivity index (χ2n) is 2.69. The molecule has 0 fully saturated rings. The molecule has 0 spiro atoms. The largest absolute Gasteiger partial charge is 0.300 e. The fraction of sp³-hybridized carbons (Fsp3) is 0.700. The number of hydrogen-bond donors (Lipinski definition) is 0. The van der Waals surface area contributed by atoms with Crippen molar-refractivity contribution in [2.45, 2.75) is 46.5 Å². The molecule has 0 N–H and O–H groups in total. The molecule has 11 heavy (non-hydrogen) atoms. The Morgan fingerprint density at radius 1 is 1.36 bits per heavy atom. The van der Waals surface area contributed by atoms with Gasteiger partial charge in [-0.15, -0.1) is 6.58 Å². The minimum Gasteiger partial charge on any atom is -0.300 e. The van der Waals surface area contributed by atoms with E-state index in [1.54, 1.807) is 0 Å². The van der Waals surface area contributed by atoms with Crippen LogP contribution in [0.15, 0.2) is 12.7 Å². The molecular formula is C10H20O. The van der Waals surface area contributed by atoms with Gasteiger partial charge in [-0.25, -0.2) is 0 Å². The first-order chi connectivity index (χ1) is 5.15. The molecule has 66 valence electrons. The predicted octanol–water partition coefficient (Wildman–Crippen LogP) is 3.35. The molecule has 0 amide bonds. The highest BCUT2D eigenvalue weighted by Gasteiger charge is 1.77. The number of allylic oxidation sites excluding steroid dienone is 1. The maximum atomic E-state index is 9.44. The molecule has 0 aliphatic rings. The van der Waals surface area contributed by atoms with E-state index in [2.05, 4.69) is 13.5 Å². The monoisotopic (exact) mass is 156 g/mol. The van der Waals surface area contributed by atoms with Crippen LogP contribution in [0.4, 0.5) is 0 Å². The Bertz CT molecular complexity index is 91.0. The molecule has 1 heteroatoms. The van der Waals surface area contributed by atoms with E-state index in [1.807, 2.05) is 6.08 Å². The van der Waals surface area contributed by atoms with E-state index < -0.39 is 0 Å². The van der Waals surface area contributed by atoms with Crippen LogP contribution in [-0.2, 0) is 4.79 Å². The maximum Gasteiger partial charge on any atom is 0.126 e. The van der Waals surface area contributed by atoms with Crippen molar-refractivity contribution in [3.8, 4) is 0 Å². The highest BCUT2D eigenvalue weighted by atomic mass is 16.1. The summed E-state index contributed by atoms with van der Waals surface area (Å²) in [5.41, 5.74) is 0. The van der Waals surface area contributed by atoms with E-state index >= 15 is 0 Å². The highest BCUT2D eigenvalue weighted by Crippen LogP contribution is 1.97. The minimum atomic E-state index is 0.167. The molecule has 0 atom stereocenters. The van der Waals surface area contributed by atoms with Crippen molar-refractivity contribution in [1.29, 1.82) is 0 Å². The Balaban J connectivity index is 0. The van der Waals surface area contributed by atoms with Crippen molar-refractivity contribution < 1.29 is 4.79 Å². The van der Waals surface area contributed by atoms with Gasteiger partial charge < -0.3 is 4.79 Å². The van der Waals surface area contributed by atoms with Gasteiger partial charge in [0, 0.05) is 0 Å². The van der Waals surface area contributed by atoms with Crippen molar-refractivity contribution >= 4 is 5.78 Å². The van der Waals surface area contributed by atoms with Gasteiger partial charge in [-0.05, 0) is 26.7 Å². The smallest absolute Gasteiger partial charge is 0.126 e. The molecule has 0 radical (unpaired) electrons. The molecule has 0 aromatic heterocycles. The van der Waals surface area contributed by atoms with Crippen LogP contribution in [0.2, 0.25) is 0 Å². The average molecular weight is 156 g/mol. The zero-order valence-electron chi connectivity index (χ0n) is 8.02. The van der Waals surface area contributed by atoms with E-state index in [9.17, 15) is 4.79 Å². The maximum absolute atomic E-state index is 9.44. The topological polar surface area (TPSA) is 17.1 Å². The van der Waals surface area contributed by atoms with Crippen LogP contribution in [0.3, 0.4) is 0 Å². The molecule has 0 saturated carbocycles. The lowest BCUT2D eigenvalue weighted by Crippen LogP contribution is -1.69. The van der Waals surface area contributed by atoms with Gasteiger partial charge in [-0.1, -0.05) is 25.8 Å². The Morgan fingerprint density at radius 2 is 1.82 bits per heavy atom. The predicted molar refractivity (Wildman–Crippen MR) is 50.7 cm³/mol. The average Bonchev–Trinajstić information content (AvgIpc) is 1.88. The van der Waals surface area contributed by atoms with Crippen LogP contribution < -0.4 is 0 Å². The summed E-state index contributed by atoms with van der Waals surface area (Å²) >= 11 is 0. The standard InChI is InChI=1S/C7H14.C3H6O/c1-3-5-7-6-4-2;1-3(2)4/h3H,1,4-7H2,2H3;1-2H3. The molecule has 0 saturated heterocycles. The highest BCUT2D eigenvalue weighted by molar-refractivity contribution is 5.72. The van der Waals surface area contributed by atoms with Gasteiger partial charge in [0.2, 0.25) is 0 Å². The first-order valence-corrected chi connectivity index (χ1v) is 4.23. The van der Waals surface area contributed by atoms with Crippen LogP contribution in [-0.4, -0.2) is 5.78 Å². The summed E-state index contributed by atoms with van der Waals surface area (Å²) in [6.07, 6.45) is 7.16. The molecule has 1 nitrogen and oxygen atoms in total. The van der Waals surface area contributed by atoms with Gasteiger partial charge in [0.15, 0.2) is 0 Å². The second kappa shape index (κ2) is 12.1. The fourth-order valence-corrected chi connectivity index (χ4v) is 0.539. The number of unbranched alkanes of at least 4 members (excludes halogenated alkanes) is 3. The number of Topliss-reactive ketones (excluding diaryl/α,β-unsaturated/α-hetero) is 1. The third-order valence-electron chi connectivity index (χ3n) is 1.01. The van der Waals surface area contributed by atoms with Crippen LogP contribution in [0.25, 0.3) is 0 Å². The number of hydrogen-bond acceptors (Lipinski definition) is 1.